The van der Waals surface area contributed by atoms with Crippen LogP contribution in [0.1, 0.15) is 88.1 Å². The summed E-state index contributed by atoms with van der Waals surface area (Å²) in [6.07, 6.45) is 6.99. The average molecular weight is 449 g/mol. The molecule has 0 spiro atoms. The van der Waals surface area contributed by atoms with Crippen LogP contribution in [0, 0.1) is 11.3 Å². The van der Waals surface area contributed by atoms with E-state index in [1.54, 1.807) is 18.2 Å². The van der Waals surface area contributed by atoms with Crippen LogP contribution >= 0.6 is 23.2 Å². The Kier molecular flexibility index (Phi) is 6.18. The highest BCUT2D eigenvalue weighted by atomic mass is 35.5. The predicted octanol–water partition coefficient (Wildman–Crippen LogP) is 7.36. The van der Waals surface area contributed by atoms with Crippen LogP contribution in [0.25, 0.3) is 0 Å². The lowest BCUT2D eigenvalue weighted by atomic mass is 9.67. The van der Waals surface area contributed by atoms with E-state index in [2.05, 4.69) is 31.2 Å². The molecule has 162 valence electrons. The molecule has 2 aliphatic carbocycles. The number of benzene rings is 1. The Bertz CT molecular complexity index is 922. The average Bonchev–Trinajstić information content (AvgIpc) is 3.37. The van der Waals surface area contributed by atoms with Gasteiger partial charge in [-0.05, 0) is 67.6 Å². The summed E-state index contributed by atoms with van der Waals surface area (Å²) in [5.74, 6) is 2.86. The number of halogens is 2. The predicted molar refractivity (Wildman–Crippen MR) is 121 cm³/mol. The number of aromatic nitrogens is 1. The Morgan fingerprint density at radius 2 is 1.93 bits per heavy atom. The molecule has 1 heterocycles. The zero-order valence-corrected chi connectivity index (χ0v) is 19.4. The summed E-state index contributed by atoms with van der Waals surface area (Å²) in [5.41, 5.74) is 3.21. The molecule has 1 aromatic heterocycles. The molecule has 2 fully saturated rings. The molecule has 1 N–H and O–H groups in total. The van der Waals surface area contributed by atoms with Crippen LogP contribution < -0.4 is 5.32 Å². The summed E-state index contributed by atoms with van der Waals surface area (Å²) >= 11 is 12.1. The lowest BCUT2D eigenvalue weighted by Gasteiger charge is -2.38. The number of anilines is 1. The highest BCUT2D eigenvalue weighted by Crippen LogP contribution is 2.52. The molecule has 4 rings (SSSR count). The van der Waals surface area contributed by atoms with Gasteiger partial charge in [-0.1, -0.05) is 49.1 Å². The first-order valence-electron chi connectivity index (χ1n) is 10.9. The van der Waals surface area contributed by atoms with Crippen LogP contribution in [-0.4, -0.2) is 11.1 Å². The van der Waals surface area contributed by atoms with Crippen molar-refractivity contribution in [2.45, 2.75) is 77.6 Å². The van der Waals surface area contributed by atoms with E-state index in [9.17, 15) is 4.79 Å². The monoisotopic (exact) mass is 448 g/mol. The first-order chi connectivity index (χ1) is 14.2. The van der Waals surface area contributed by atoms with Crippen LogP contribution in [0.4, 0.5) is 5.69 Å². The molecule has 1 aromatic carbocycles. The second-order valence-electron chi connectivity index (χ2n) is 10.2. The molecule has 4 nitrogen and oxygen atoms in total. The minimum atomic E-state index is -0.0839. The molecular formula is C24H30Cl2N2O2. The van der Waals surface area contributed by atoms with Crippen molar-refractivity contribution in [2.75, 3.05) is 5.32 Å². The SMILES string of the molecule is CC(C)(C)CC1CC(c2onc(CCC(=O)Nc3ccc(Cl)cc3Cl)c2C2CC2)C1. The van der Waals surface area contributed by atoms with Gasteiger partial charge in [-0.15, -0.1) is 0 Å². The van der Waals surface area contributed by atoms with Crippen LogP contribution in [-0.2, 0) is 11.2 Å². The number of nitrogens with zero attached hydrogens (tertiary/aromatic N) is 1. The molecule has 0 unspecified atom stereocenters. The van der Waals surface area contributed by atoms with Crippen molar-refractivity contribution in [2.24, 2.45) is 11.3 Å². The minimum Gasteiger partial charge on any atom is -0.361 e. The van der Waals surface area contributed by atoms with Gasteiger partial charge in [0.2, 0.25) is 5.91 Å². The quantitative estimate of drug-likeness (QED) is 0.480. The topological polar surface area (TPSA) is 55.1 Å². The van der Waals surface area contributed by atoms with E-state index < -0.39 is 0 Å². The summed E-state index contributed by atoms with van der Waals surface area (Å²) < 4.78 is 5.84. The number of amides is 1. The van der Waals surface area contributed by atoms with E-state index in [1.165, 1.54) is 37.7 Å². The lowest BCUT2D eigenvalue weighted by molar-refractivity contribution is -0.116. The van der Waals surface area contributed by atoms with Crippen molar-refractivity contribution in [1.82, 2.24) is 5.16 Å². The lowest BCUT2D eigenvalue weighted by Crippen LogP contribution is -2.26. The molecule has 0 aliphatic heterocycles. The maximum Gasteiger partial charge on any atom is 0.224 e. The number of carbonyl (C=O) groups excluding carboxylic acids is 1. The van der Waals surface area contributed by atoms with Crippen LogP contribution in [0.3, 0.4) is 0 Å². The Balaban J connectivity index is 1.36. The van der Waals surface area contributed by atoms with Gasteiger partial charge in [0.25, 0.3) is 0 Å². The Hall–Kier alpha value is -1.52. The maximum absolute atomic E-state index is 12.4. The maximum atomic E-state index is 12.4. The Labute approximate surface area is 188 Å². The van der Waals surface area contributed by atoms with Crippen LogP contribution in [0.5, 0.6) is 0 Å². The van der Waals surface area contributed by atoms with Gasteiger partial charge >= 0.3 is 0 Å². The summed E-state index contributed by atoms with van der Waals surface area (Å²) in [7, 11) is 0. The van der Waals surface area contributed by atoms with Gasteiger partial charge in [0.1, 0.15) is 5.76 Å². The molecule has 0 bridgehead atoms. The highest BCUT2D eigenvalue weighted by molar-refractivity contribution is 6.36. The third kappa shape index (κ3) is 5.20. The van der Waals surface area contributed by atoms with Gasteiger partial charge in [-0.2, -0.15) is 0 Å². The second kappa shape index (κ2) is 8.55. The normalized spacial score (nSPS) is 21.4. The van der Waals surface area contributed by atoms with Crippen molar-refractivity contribution >= 4 is 34.8 Å². The second-order valence-corrected chi connectivity index (χ2v) is 11.0. The van der Waals surface area contributed by atoms with Gasteiger partial charge in [0.15, 0.2) is 0 Å². The van der Waals surface area contributed by atoms with E-state index in [0.29, 0.717) is 45.8 Å². The van der Waals surface area contributed by atoms with Gasteiger partial charge in [-0.3, -0.25) is 4.79 Å². The number of hydrogen-bond donors (Lipinski definition) is 1. The van der Waals surface area contributed by atoms with Crippen LogP contribution in [0.15, 0.2) is 22.7 Å². The standard InChI is InChI=1S/C24H30Cl2N2O2/c1-24(2,3)13-14-10-16(11-14)23-22(15-4-5-15)20(28-30-23)8-9-21(29)27-19-7-6-17(25)12-18(19)26/h6-7,12,14-16H,4-5,8-11,13H2,1-3H3,(H,27,29). The van der Waals surface area contributed by atoms with Crippen molar-refractivity contribution in [3.8, 4) is 0 Å². The zero-order valence-electron chi connectivity index (χ0n) is 17.9. The number of hydrogen-bond acceptors (Lipinski definition) is 3. The molecule has 0 radical (unpaired) electrons. The van der Waals surface area contributed by atoms with Crippen molar-refractivity contribution in [3.63, 3.8) is 0 Å². The Morgan fingerprint density at radius 3 is 2.57 bits per heavy atom. The first kappa shape index (κ1) is 21.7. The molecule has 0 atom stereocenters. The molecular weight excluding hydrogens is 419 g/mol. The largest absolute Gasteiger partial charge is 0.361 e. The Morgan fingerprint density at radius 1 is 1.20 bits per heavy atom. The van der Waals surface area contributed by atoms with Crippen molar-refractivity contribution in [3.05, 3.63) is 45.3 Å². The van der Waals surface area contributed by atoms with Gasteiger partial charge in [-0.25, -0.2) is 0 Å². The summed E-state index contributed by atoms with van der Waals surface area (Å²) in [5, 5.41) is 8.24. The molecule has 30 heavy (non-hydrogen) atoms. The summed E-state index contributed by atoms with van der Waals surface area (Å²) in [4.78, 5) is 12.4. The number of rotatable bonds is 7. The highest BCUT2D eigenvalue weighted by Gasteiger charge is 2.40. The first-order valence-corrected chi connectivity index (χ1v) is 11.7. The minimum absolute atomic E-state index is 0.0839. The zero-order chi connectivity index (χ0) is 21.5. The third-order valence-corrected chi connectivity index (χ3v) is 6.67. The van der Waals surface area contributed by atoms with E-state index in [0.717, 1.165) is 17.4 Å². The van der Waals surface area contributed by atoms with Crippen molar-refractivity contribution in [1.29, 1.82) is 0 Å². The fourth-order valence-electron chi connectivity index (χ4n) is 4.65. The van der Waals surface area contributed by atoms with E-state index >= 15 is 0 Å². The number of carbonyl (C=O) groups is 1. The van der Waals surface area contributed by atoms with Gasteiger partial charge < -0.3 is 9.84 Å². The van der Waals surface area contributed by atoms with Gasteiger partial charge in [0.05, 0.1) is 16.4 Å². The fraction of sp³-hybridized carbons (Fsp3) is 0.583. The summed E-state index contributed by atoms with van der Waals surface area (Å²) in [6.45, 7) is 6.93. The molecule has 2 saturated carbocycles. The van der Waals surface area contributed by atoms with Crippen molar-refractivity contribution < 1.29 is 9.32 Å². The smallest absolute Gasteiger partial charge is 0.224 e. The number of aryl methyl sites for hydroxylation is 1. The van der Waals surface area contributed by atoms with E-state index in [1.807, 2.05) is 0 Å². The molecule has 2 aromatic rings. The van der Waals surface area contributed by atoms with Crippen LogP contribution in [0.2, 0.25) is 10.0 Å². The molecule has 6 heteroatoms. The molecule has 2 aliphatic rings. The molecule has 0 saturated heterocycles. The number of nitrogens with one attached hydrogen (secondary N) is 1. The fourth-order valence-corrected chi connectivity index (χ4v) is 5.10. The molecule has 1 amide bonds. The summed E-state index contributed by atoms with van der Waals surface area (Å²) in [6, 6.07) is 5.06. The van der Waals surface area contributed by atoms with Gasteiger partial charge in [0, 0.05) is 29.3 Å². The van der Waals surface area contributed by atoms with E-state index in [-0.39, 0.29) is 5.91 Å². The third-order valence-electron chi connectivity index (χ3n) is 6.12. The van der Waals surface area contributed by atoms with E-state index in [4.69, 9.17) is 27.7 Å².